The summed E-state index contributed by atoms with van der Waals surface area (Å²) in [7, 11) is 0. The summed E-state index contributed by atoms with van der Waals surface area (Å²) in [4.78, 5) is 0. The van der Waals surface area contributed by atoms with Crippen LogP contribution >= 0.6 is 22.9 Å². The van der Waals surface area contributed by atoms with Crippen molar-refractivity contribution in [2.75, 3.05) is 0 Å². The van der Waals surface area contributed by atoms with Crippen molar-refractivity contribution in [2.24, 2.45) is 0 Å². The van der Waals surface area contributed by atoms with Crippen molar-refractivity contribution < 1.29 is 4.42 Å². The molecule has 2 aromatic rings. The van der Waals surface area contributed by atoms with Crippen molar-refractivity contribution in [1.29, 1.82) is 0 Å². The summed E-state index contributed by atoms with van der Waals surface area (Å²) >= 11 is 7.09. The first-order valence-corrected chi connectivity index (χ1v) is 4.61. The number of thiophene rings is 1. The van der Waals surface area contributed by atoms with Gasteiger partial charge in [-0.05, 0) is 29.5 Å². The average Bonchev–Trinajstić information content (AvgIpc) is 2.58. The molecule has 0 aliphatic carbocycles. The summed E-state index contributed by atoms with van der Waals surface area (Å²) in [6.07, 6.45) is 0. The average molecular weight is 201 g/mol. The molecule has 0 N–H and O–H groups in total. The van der Waals surface area contributed by atoms with E-state index in [-0.39, 0.29) is 5.35 Å². The van der Waals surface area contributed by atoms with E-state index in [1.54, 1.807) is 11.3 Å². The third kappa shape index (κ3) is 1.23. The van der Waals surface area contributed by atoms with Gasteiger partial charge in [0.25, 0.3) is 0 Å². The van der Waals surface area contributed by atoms with Crippen LogP contribution < -0.4 is 0 Å². The largest absolute Gasteiger partial charge is 0.407 e. The molecular weight excluding hydrogens is 196 g/mol. The third-order valence-electron chi connectivity index (χ3n) is 1.49. The Bertz CT molecular complexity index is 396. The van der Waals surface area contributed by atoms with Gasteiger partial charge in [0.2, 0.25) is 5.89 Å². The Morgan fingerprint density at radius 2 is 2.25 bits per heavy atom. The molecule has 62 valence electrons. The van der Waals surface area contributed by atoms with E-state index in [4.69, 9.17) is 16.0 Å². The van der Waals surface area contributed by atoms with Crippen LogP contribution in [0.15, 0.2) is 15.2 Å². The molecular formula is C7H5ClN2OS. The number of rotatable bonds is 1. The highest BCUT2D eigenvalue weighted by Crippen LogP contribution is 2.26. The van der Waals surface area contributed by atoms with Gasteiger partial charge in [0.1, 0.15) is 0 Å². The van der Waals surface area contributed by atoms with Crippen LogP contribution in [0.4, 0.5) is 0 Å². The minimum absolute atomic E-state index is 0.0793. The Hall–Kier alpha value is -0.870. The van der Waals surface area contributed by atoms with Gasteiger partial charge in [0.05, 0.1) is 5.56 Å². The van der Waals surface area contributed by atoms with E-state index >= 15 is 0 Å². The lowest BCUT2D eigenvalue weighted by Gasteiger charge is -1.88. The van der Waals surface area contributed by atoms with E-state index in [0.29, 0.717) is 5.89 Å². The Morgan fingerprint density at radius 3 is 2.75 bits per heavy atom. The lowest BCUT2D eigenvalue weighted by molar-refractivity contribution is 0.571. The minimum atomic E-state index is 0.0793. The molecule has 2 rings (SSSR count). The maximum atomic E-state index is 5.49. The second-order valence-electron chi connectivity index (χ2n) is 2.33. The summed E-state index contributed by atoms with van der Waals surface area (Å²) in [5, 5.41) is 11.4. The molecule has 0 amide bonds. The van der Waals surface area contributed by atoms with Crippen LogP contribution in [-0.2, 0) is 0 Å². The topological polar surface area (TPSA) is 38.9 Å². The number of hydrogen-bond donors (Lipinski definition) is 0. The summed E-state index contributed by atoms with van der Waals surface area (Å²) in [5.74, 6) is 0.485. The first-order chi connectivity index (χ1) is 5.77. The highest BCUT2D eigenvalue weighted by atomic mass is 35.5. The fourth-order valence-electron chi connectivity index (χ4n) is 0.894. The monoisotopic (exact) mass is 200 g/mol. The van der Waals surface area contributed by atoms with Crippen molar-refractivity contribution >= 4 is 22.9 Å². The molecule has 0 unspecified atom stereocenters. The lowest BCUT2D eigenvalue weighted by Crippen LogP contribution is -1.76. The molecule has 3 nitrogen and oxygen atoms in total. The molecule has 2 aromatic heterocycles. The normalized spacial score (nSPS) is 10.5. The van der Waals surface area contributed by atoms with Crippen molar-refractivity contribution in [3.8, 4) is 11.5 Å². The number of hydrogen-bond acceptors (Lipinski definition) is 4. The fourth-order valence-corrected chi connectivity index (χ4v) is 1.83. The van der Waals surface area contributed by atoms with Gasteiger partial charge < -0.3 is 4.42 Å². The van der Waals surface area contributed by atoms with Crippen LogP contribution in [0.3, 0.4) is 0 Å². The zero-order chi connectivity index (χ0) is 8.55. The van der Waals surface area contributed by atoms with Crippen LogP contribution in [0.2, 0.25) is 5.35 Å². The summed E-state index contributed by atoms with van der Waals surface area (Å²) in [5.41, 5.74) is 2.08. The van der Waals surface area contributed by atoms with Crippen LogP contribution in [-0.4, -0.2) is 10.2 Å². The maximum absolute atomic E-state index is 5.49. The molecule has 0 fully saturated rings. The van der Waals surface area contributed by atoms with Gasteiger partial charge in [-0.3, -0.25) is 0 Å². The Morgan fingerprint density at radius 1 is 1.42 bits per heavy atom. The molecule has 2 heterocycles. The van der Waals surface area contributed by atoms with E-state index < -0.39 is 0 Å². The van der Waals surface area contributed by atoms with Crippen molar-refractivity contribution in [3.05, 3.63) is 21.7 Å². The molecule has 0 aromatic carbocycles. The van der Waals surface area contributed by atoms with E-state index in [9.17, 15) is 0 Å². The Labute approximate surface area is 78.0 Å². The summed E-state index contributed by atoms with van der Waals surface area (Å²) in [6, 6.07) is 0. The van der Waals surface area contributed by atoms with Gasteiger partial charge in [-0.25, -0.2) is 0 Å². The molecule has 0 aliphatic heterocycles. The predicted octanol–water partition coefficient (Wildman–Crippen LogP) is 2.76. The quantitative estimate of drug-likeness (QED) is 0.711. The molecule has 0 bridgehead atoms. The van der Waals surface area contributed by atoms with Gasteiger partial charge in [-0.1, -0.05) is 5.10 Å². The van der Waals surface area contributed by atoms with Crippen molar-refractivity contribution in [1.82, 2.24) is 10.2 Å². The van der Waals surface area contributed by atoms with E-state index in [1.807, 2.05) is 17.7 Å². The van der Waals surface area contributed by atoms with E-state index in [1.165, 1.54) is 0 Å². The van der Waals surface area contributed by atoms with Gasteiger partial charge in [0.15, 0.2) is 0 Å². The Kier molecular flexibility index (Phi) is 1.86. The maximum Gasteiger partial charge on any atom is 0.313 e. The highest BCUT2D eigenvalue weighted by molar-refractivity contribution is 7.08. The van der Waals surface area contributed by atoms with Crippen LogP contribution in [0.25, 0.3) is 11.5 Å². The Balaban J connectivity index is 2.50. The molecule has 12 heavy (non-hydrogen) atoms. The number of aryl methyl sites for hydroxylation is 1. The van der Waals surface area contributed by atoms with Gasteiger partial charge in [-0.2, -0.15) is 11.3 Å². The first-order valence-electron chi connectivity index (χ1n) is 3.29. The smallest absolute Gasteiger partial charge is 0.313 e. The number of aromatic nitrogens is 2. The van der Waals surface area contributed by atoms with Crippen molar-refractivity contribution in [2.45, 2.75) is 6.92 Å². The van der Waals surface area contributed by atoms with Gasteiger partial charge >= 0.3 is 5.35 Å². The lowest BCUT2D eigenvalue weighted by atomic mass is 10.2. The van der Waals surface area contributed by atoms with Crippen LogP contribution in [0.5, 0.6) is 0 Å². The van der Waals surface area contributed by atoms with E-state index in [0.717, 1.165) is 11.1 Å². The molecule has 0 saturated heterocycles. The van der Waals surface area contributed by atoms with E-state index in [2.05, 4.69) is 10.2 Å². The zero-order valence-electron chi connectivity index (χ0n) is 6.24. The standard InChI is InChI=1S/C7H5ClN2OS/c1-4-2-12-3-5(4)6-9-10-7(8)11-6/h2-3H,1H3. The predicted molar refractivity (Wildman–Crippen MR) is 47.4 cm³/mol. The summed E-state index contributed by atoms with van der Waals surface area (Å²) in [6.45, 7) is 1.99. The molecule has 5 heteroatoms. The molecule has 0 saturated carbocycles. The highest BCUT2D eigenvalue weighted by Gasteiger charge is 2.09. The molecule has 0 radical (unpaired) electrons. The molecule has 0 spiro atoms. The molecule has 0 atom stereocenters. The second kappa shape index (κ2) is 2.88. The van der Waals surface area contributed by atoms with Gasteiger partial charge in [0, 0.05) is 5.38 Å². The second-order valence-corrected chi connectivity index (χ2v) is 3.40. The van der Waals surface area contributed by atoms with Crippen LogP contribution in [0.1, 0.15) is 5.56 Å². The fraction of sp³-hybridized carbons (Fsp3) is 0.143. The zero-order valence-corrected chi connectivity index (χ0v) is 7.82. The third-order valence-corrected chi connectivity index (χ3v) is 2.50. The number of halogens is 1. The molecule has 0 aliphatic rings. The first kappa shape index (κ1) is 7.76. The minimum Gasteiger partial charge on any atom is -0.407 e. The summed E-state index contributed by atoms with van der Waals surface area (Å²) < 4.78 is 5.06. The van der Waals surface area contributed by atoms with Crippen LogP contribution in [0, 0.1) is 6.92 Å². The van der Waals surface area contributed by atoms with Crippen molar-refractivity contribution in [3.63, 3.8) is 0 Å². The number of nitrogens with zero attached hydrogens (tertiary/aromatic N) is 2. The SMILES string of the molecule is Cc1cscc1-c1nnc(Cl)o1. The van der Waals surface area contributed by atoms with Gasteiger partial charge in [-0.15, -0.1) is 5.10 Å².